The number of aromatic nitrogens is 1. The summed E-state index contributed by atoms with van der Waals surface area (Å²) in [6.07, 6.45) is -2.31. The van der Waals surface area contributed by atoms with Crippen LogP contribution in [0.4, 0.5) is 13.2 Å². The van der Waals surface area contributed by atoms with Gasteiger partial charge in [-0.05, 0) is 15.9 Å². The highest BCUT2D eigenvalue weighted by Gasteiger charge is 2.23. The lowest BCUT2D eigenvalue weighted by atomic mass is 10.1. The van der Waals surface area contributed by atoms with Crippen molar-refractivity contribution < 1.29 is 18.0 Å². The van der Waals surface area contributed by atoms with Gasteiger partial charge in [-0.25, -0.2) is 18.2 Å². The van der Waals surface area contributed by atoms with Gasteiger partial charge >= 0.3 is 0 Å². The zero-order valence-electron chi connectivity index (χ0n) is 6.60. The van der Waals surface area contributed by atoms with Gasteiger partial charge in [0.05, 0.1) is 11.1 Å². The maximum absolute atomic E-state index is 13.1. The summed E-state index contributed by atoms with van der Waals surface area (Å²) in [5.41, 5.74) is 3.14. The van der Waals surface area contributed by atoms with Crippen LogP contribution in [-0.2, 0) is 0 Å². The van der Waals surface area contributed by atoms with Crippen LogP contribution in [0.25, 0.3) is 0 Å². The molecule has 2 N–H and O–H groups in total. The molecule has 0 aromatic carbocycles. The molecule has 3 nitrogen and oxygen atoms in total. The van der Waals surface area contributed by atoms with E-state index in [1.54, 1.807) is 0 Å². The molecule has 1 amide bonds. The van der Waals surface area contributed by atoms with Crippen molar-refractivity contribution in [1.82, 2.24) is 4.98 Å². The number of amides is 1. The first-order valence-electron chi connectivity index (χ1n) is 3.37. The van der Waals surface area contributed by atoms with Crippen molar-refractivity contribution in [3.8, 4) is 0 Å². The summed E-state index contributed by atoms with van der Waals surface area (Å²) < 4.78 is 37.4. The molecule has 0 spiro atoms. The fourth-order valence-electron chi connectivity index (χ4n) is 0.886. The third-order valence-corrected chi connectivity index (χ3v) is 2.05. The lowest BCUT2D eigenvalue weighted by molar-refractivity contribution is 0.0982. The third-order valence-electron chi connectivity index (χ3n) is 1.50. The van der Waals surface area contributed by atoms with Gasteiger partial charge in [0.2, 0.25) is 0 Å². The molecule has 1 heterocycles. The van der Waals surface area contributed by atoms with E-state index in [9.17, 15) is 18.0 Å². The SMILES string of the molecule is NC(=O)c1cnc(Br)c(F)c1C(F)F. The Bertz CT molecular complexity index is 383. The Morgan fingerprint density at radius 1 is 1.57 bits per heavy atom. The van der Waals surface area contributed by atoms with Crippen molar-refractivity contribution in [3.63, 3.8) is 0 Å². The lowest BCUT2D eigenvalue weighted by Crippen LogP contribution is -2.16. The number of rotatable bonds is 2. The van der Waals surface area contributed by atoms with Crippen LogP contribution in [0.15, 0.2) is 10.8 Å². The van der Waals surface area contributed by atoms with Crippen molar-refractivity contribution in [2.75, 3.05) is 0 Å². The van der Waals surface area contributed by atoms with E-state index >= 15 is 0 Å². The van der Waals surface area contributed by atoms with E-state index in [0.29, 0.717) is 0 Å². The molecule has 0 saturated carbocycles. The van der Waals surface area contributed by atoms with Crippen LogP contribution in [0.1, 0.15) is 22.3 Å². The highest BCUT2D eigenvalue weighted by molar-refractivity contribution is 9.10. The van der Waals surface area contributed by atoms with Crippen LogP contribution in [-0.4, -0.2) is 10.9 Å². The summed E-state index contributed by atoms with van der Waals surface area (Å²) in [6, 6.07) is 0. The second-order valence-corrected chi connectivity index (χ2v) is 3.11. The number of nitrogens with zero attached hydrogens (tertiary/aromatic N) is 1. The van der Waals surface area contributed by atoms with E-state index in [2.05, 4.69) is 20.9 Å². The first kappa shape index (κ1) is 11.0. The highest BCUT2D eigenvalue weighted by atomic mass is 79.9. The van der Waals surface area contributed by atoms with E-state index in [1.807, 2.05) is 0 Å². The molecule has 1 aromatic heterocycles. The second-order valence-electron chi connectivity index (χ2n) is 2.36. The molecule has 76 valence electrons. The fourth-order valence-corrected chi connectivity index (χ4v) is 1.20. The van der Waals surface area contributed by atoms with Crippen molar-refractivity contribution in [2.24, 2.45) is 5.73 Å². The van der Waals surface area contributed by atoms with Gasteiger partial charge in [0.1, 0.15) is 4.60 Å². The predicted molar refractivity (Wildman–Crippen MR) is 45.4 cm³/mol. The minimum atomic E-state index is -3.11. The molecule has 0 atom stereocenters. The first-order chi connectivity index (χ1) is 6.45. The number of nitrogens with two attached hydrogens (primary N) is 1. The quantitative estimate of drug-likeness (QED) is 0.835. The largest absolute Gasteiger partial charge is 0.366 e. The van der Waals surface area contributed by atoms with Crippen molar-refractivity contribution in [3.05, 3.63) is 27.7 Å². The van der Waals surface area contributed by atoms with Gasteiger partial charge in [-0.2, -0.15) is 0 Å². The number of hydrogen-bond acceptors (Lipinski definition) is 2. The van der Waals surface area contributed by atoms with Gasteiger partial charge < -0.3 is 5.73 Å². The van der Waals surface area contributed by atoms with Gasteiger partial charge in [-0.1, -0.05) is 0 Å². The number of alkyl halides is 2. The molecule has 0 unspecified atom stereocenters. The lowest BCUT2D eigenvalue weighted by Gasteiger charge is -2.07. The molecule has 0 radical (unpaired) electrons. The third kappa shape index (κ3) is 1.87. The molecule has 0 saturated heterocycles. The summed E-state index contributed by atoms with van der Waals surface area (Å²) in [5.74, 6) is -2.41. The van der Waals surface area contributed by atoms with E-state index in [1.165, 1.54) is 0 Å². The number of carbonyl (C=O) groups is 1. The Labute approximate surface area is 85.2 Å². The monoisotopic (exact) mass is 268 g/mol. The summed E-state index contributed by atoms with van der Waals surface area (Å²) in [7, 11) is 0. The minimum absolute atomic E-state index is 0.377. The van der Waals surface area contributed by atoms with Gasteiger partial charge in [0.25, 0.3) is 12.3 Å². The normalized spacial score (nSPS) is 10.6. The topological polar surface area (TPSA) is 56.0 Å². The zero-order chi connectivity index (χ0) is 10.9. The Morgan fingerprint density at radius 2 is 2.14 bits per heavy atom. The summed E-state index contributed by atoms with van der Waals surface area (Å²) >= 11 is 2.63. The van der Waals surface area contributed by atoms with Gasteiger partial charge in [-0.15, -0.1) is 0 Å². The van der Waals surface area contributed by atoms with Crippen molar-refractivity contribution >= 4 is 21.8 Å². The molecular formula is C7H4BrF3N2O. The van der Waals surface area contributed by atoms with E-state index in [4.69, 9.17) is 5.73 Å². The van der Waals surface area contributed by atoms with Crippen LogP contribution in [0.5, 0.6) is 0 Å². The molecule has 14 heavy (non-hydrogen) atoms. The predicted octanol–water partition coefficient (Wildman–Crippen LogP) is 2.02. The molecule has 0 aliphatic heterocycles. The highest BCUT2D eigenvalue weighted by Crippen LogP contribution is 2.28. The van der Waals surface area contributed by atoms with E-state index < -0.39 is 29.3 Å². The Kier molecular flexibility index (Phi) is 3.10. The molecule has 1 aromatic rings. The first-order valence-corrected chi connectivity index (χ1v) is 4.16. The number of primary amides is 1. The van der Waals surface area contributed by atoms with Crippen molar-refractivity contribution in [1.29, 1.82) is 0 Å². The Balaban J connectivity index is 3.45. The Hall–Kier alpha value is -1.11. The van der Waals surface area contributed by atoms with Crippen LogP contribution >= 0.6 is 15.9 Å². The minimum Gasteiger partial charge on any atom is -0.366 e. The average molecular weight is 269 g/mol. The van der Waals surface area contributed by atoms with Gasteiger partial charge in [0.15, 0.2) is 5.82 Å². The van der Waals surface area contributed by atoms with Crippen LogP contribution < -0.4 is 5.73 Å². The van der Waals surface area contributed by atoms with E-state index in [0.717, 1.165) is 6.20 Å². The number of halogens is 4. The molecule has 0 aliphatic rings. The maximum atomic E-state index is 13.1. The van der Waals surface area contributed by atoms with E-state index in [-0.39, 0.29) is 4.60 Å². The molecule has 7 heteroatoms. The number of hydrogen-bond donors (Lipinski definition) is 1. The molecule has 1 rings (SSSR count). The smallest absolute Gasteiger partial charge is 0.267 e. The summed E-state index contributed by atoms with van der Waals surface area (Å²) in [6.45, 7) is 0. The van der Waals surface area contributed by atoms with Gasteiger partial charge in [-0.3, -0.25) is 4.79 Å². The van der Waals surface area contributed by atoms with Crippen LogP contribution in [0, 0.1) is 5.82 Å². The zero-order valence-corrected chi connectivity index (χ0v) is 8.19. The summed E-state index contributed by atoms with van der Waals surface area (Å²) in [5, 5.41) is 0. The Morgan fingerprint density at radius 3 is 2.57 bits per heavy atom. The molecule has 0 bridgehead atoms. The fraction of sp³-hybridized carbons (Fsp3) is 0.143. The van der Waals surface area contributed by atoms with Crippen molar-refractivity contribution in [2.45, 2.75) is 6.43 Å². The number of carbonyl (C=O) groups excluding carboxylic acids is 1. The summed E-state index contributed by atoms with van der Waals surface area (Å²) in [4.78, 5) is 14.0. The molecule has 0 fully saturated rings. The standard InChI is InChI=1S/C7H4BrF3N2O/c8-5-4(9)3(6(10)11)2(1-13-5)7(12)14/h1,6H,(H2,12,14). The molecular weight excluding hydrogens is 265 g/mol. The second kappa shape index (κ2) is 3.95. The van der Waals surface area contributed by atoms with Crippen LogP contribution in [0.2, 0.25) is 0 Å². The maximum Gasteiger partial charge on any atom is 0.267 e. The number of pyridine rings is 1. The molecule has 0 aliphatic carbocycles. The average Bonchev–Trinajstić information content (AvgIpc) is 2.08. The van der Waals surface area contributed by atoms with Crippen LogP contribution in [0.3, 0.4) is 0 Å². The van der Waals surface area contributed by atoms with Gasteiger partial charge in [0, 0.05) is 6.20 Å².